The van der Waals surface area contributed by atoms with Gasteiger partial charge in [0.25, 0.3) is 0 Å². The highest BCUT2D eigenvalue weighted by atomic mass is 32.2. The molecule has 0 spiro atoms. The van der Waals surface area contributed by atoms with Gasteiger partial charge in [-0.3, -0.25) is 0 Å². The highest BCUT2D eigenvalue weighted by Gasteiger charge is 2.30. The van der Waals surface area contributed by atoms with Crippen LogP contribution in [0, 0.1) is 18.8 Å². The van der Waals surface area contributed by atoms with Crippen LogP contribution >= 0.6 is 0 Å². The number of rotatable bonds is 3. The molecule has 4 heteroatoms. The van der Waals surface area contributed by atoms with Crippen LogP contribution in [0.2, 0.25) is 0 Å². The van der Waals surface area contributed by atoms with E-state index in [2.05, 4.69) is 18.6 Å². The minimum Gasteiger partial charge on any atom is -0.208 e. The fraction of sp³-hybridized carbons (Fsp3) is 0.600. The lowest BCUT2D eigenvalue weighted by atomic mass is 9.78. The van der Waals surface area contributed by atoms with Gasteiger partial charge in [-0.15, -0.1) is 0 Å². The smallest absolute Gasteiger partial charge is 0.208 e. The van der Waals surface area contributed by atoms with Crippen molar-refractivity contribution < 1.29 is 8.42 Å². The van der Waals surface area contributed by atoms with Crippen molar-refractivity contribution in [3.63, 3.8) is 0 Å². The van der Waals surface area contributed by atoms with Gasteiger partial charge in [-0.1, -0.05) is 44.4 Å². The molecule has 3 nitrogen and oxygen atoms in total. The molecule has 106 valence electrons. The second kappa shape index (κ2) is 5.63. The molecule has 0 saturated heterocycles. The molecule has 1 aliphatic rings. The van der Waals surface area contributed by atoms with Gasteiger partial charge < -0.3 is 0 Å². The van der Waals surface area contributed by atoms with Crippen LogP contribution in [-0.2, 0) is 10.0 Å². The van der Waals surface area contributed by atoms with E-state index in [1.807, 2.05) is 19.1 Å². The van der Waals surface area contributed by atoms with Crippen LogP contribution in [0.1, 0.15) is 38.7 Å². The van der Waals surface area contributed by atoms with Crippen molar-refractivity contribution in [2.75, 3.05) is 0 Å². The van der Waals surface area contributed by atoms with Gasteiger partial charge in [0.2, 0.25) is 10.0 Å². The highest BCUT2D eigenvalue weighted by molar-refractivity contribution is 7.89. The topological polar surface area (TPSA) is 46.2 Å². The maximum atomic E-state index is 12.4. The number of nitrogens with one attached hydrogen (secondary N) is 1. The van der Waals surface area contributed by atoms with Crippen LogP contribution < -0.4 is 4.72 Å². The fourth-order valence-electron chi connectivity index (χ4n) is 2.73. The predicted molar refractivity (Wildman–Crippen MR) is 77.5 cm³/mol. The molecule has 0 heterocycles. The zero-order valence-electron chi connectivity index (χ0n) is 11.9. The van der Waals surface area contributed by atoms with Gasteiger partial charge in [-0.25, -0.2) is 13.1 Å². The first kappa shape index (κ1) is 14.5. The molecule has 0 radical (unpaired) electrons. The largest absolute Gasteiger partial charge is 0.240 e. The van der Waals surface area contributed by atoms with Gasteiger partial charge >= 0.3 is 0 Å². The SMILES string of the molecule is Cc1ccc(S(=O)(=O)N[C@@H]2CCC[C@H](C)[C@H]2C)cc1. The lowest BCUT2D eigenvalue weighted by molar-refractivity contribution is 0.227. The van der Waals surface area contributed by atoms with E-state index in [0.717, 1.165) is 18.4 Å². The van der Waals surface area contributed by atoms with Crippen LogP contribution in [-0.4, -0.2) is 14.5 Å². The highest BCUT2D eigenvalue weighted by Crippen LogP contribution is 2.30. The Morgan fingerprint density at radius 2 is 1.74 bits per heavy atom. The van der Waals surface area contributed by atoms with Gasteiger partial charge in [-0.05, 0) is 37.3 Å². The Bertz CT molecular complexity index is 522. The summed E-state index contributed by atoms with van der Waals surface area (Å²) in [6, 6.07) is 7.08. The molecule has 1 aromatic carbocycles. The van der Waals surface area contributed by atoms with Crippen LogP contribution in [0.25, 0.3) is 0 Å². The maximum Gasteiger partial charge on any atom is 0.240 e. The van der Waals surface area contributed by atoms with Crippen molar-refractivity contribution in [2.45, 2.75) is 51.0 Å². The Hall–Kier alpha value is -0.870. The molecule has 1 aliphatic carbocycles. The zero-order valence-corrected chi connectivity index (χ0v) is 12.7. The summed E-state index contributed by atoms with van der Waals surface area (Å²) in [4.78, 5) is 0.364. The normalized spacial score (nSPS) is 28.3. The minimum absolute atomic E-state index is 0.0649. The first-order valence-electron chi connectivity index (χ1n) is 6.99. The van der Waals surface area contributed by atoms with E-state index >= 15 is 0 Å². The Labute approximate surface area is 116 Å². The van der Waals surface area contributed by atoms with Crippen molar-refractivity contribution in [3.8, 4) is 0 Å². The van der Waals surface area contributed by atoms with Crippen LogP contribution in [0.3, 0.4) is 0 Å². The van der Waals surface area contributed by atoms with E-state index in [1.54, 1.807) is 12.1 Å². The molecule has 1 saturated carbocycles. The molecule has 3 atom stereocenters. The summed E-state index contributed by atoms with van der Waals surface area (Å²) < 4.78 is 27.6. The standard InChI is InChI=1S/C15H23NO2S/c1-11-7-9-14(10-8-11)19(17,18)16-15-6-4-5-12(2)13(15)3/h7-10,12-13,15-16H,4-6H2,1-3H3/t12-,13+,15+/m0/s1. The van der Waals surface area contributed by atoms with Crippen molar-refractivity contribution in [3.05, 3.63) is 29.8 Å². The molecule has 1 fully saturated rings. The average Bonchev–Trinajstić information content (AvgIpc) is 2.35. The monoisotopic (exact) mass is 281 g/mol. The number of benzene rings is 1. The molecule has 0 aliphatic heterocycles. The van der Waals surface area contributed by atoms with E-state index in [-0.39, 0.29) is 6.04 Å². The quantitative estimate of drug-likeness (QED) is 0.925. The maximum absolute atomic E-state index is 12.4. The summed E-state index contributed by atoms with van der Waals surface area (Å²) >= 11 is 0. The van der Waals surface area contributed by atoms with Crippen molar-refractivity contribution in [1.29, 1.82) is 0 Å². The Morgan fingerprint density at radius 3 is 2.37 bits per heavy atom. The molecule has 0 aromatic heterocycles. The summed E-state index contributed by atoms with van der Waals surface area (Å²) in [6.45, 7) is 6.30. The lowest BCUT2D eigenvalue weighted by Gasteiger charge is -2.34. The first-order valence-corrected chi connectivity index (χ1v) is 8.47. The second-order valence-corrected chi connectivity index (χ2v) is 7.52. The Morgan fingerprint density at radius 1 is 1.11 bits per heavy atom. The van der Waals surface area contributed by atoms with Gasteiger partial charge in [0, 0.05) is 6.04 Å². The van der Waals surface area contributed by atoms with Crippen molar-refractivity contribution >= 4 is 10.0 Å². The molecule has 19 heavy (non-hydrogen) atoms. The van der Waals surface area contributed by atoms with Crippen molar-refractivity contribution in [2.24, 2.45) is 11.8 Å². The van der Waals surface area contributed by atoms with Crippen LogP contribution in [0.5, 0.6) is 0 Å². The van der Waals surface area contributed by atoms with E-state index in [0.29, 0.717) is 16.7 Å². The summed E-state index contributed by atoms with van der Waals surface area (Å²) in [7, 11) is -3.38. The number of hydrogen-bond donors (Lipinski definition) is 1. The summed E-state index contributed by atoms with van der Waals surface area (Å²) in [5, 5.41) is 0. The van der Waals surface area contributed by atoms with Crippen LogP contribution in [0.15, 0.2) is 29.2 Å². The summed E-state index contributed by atoms with van der Waals surface area (Å²) in [6.07, 6.45) is 3.24. The first-order chi connectivity index (χ1) is 8.90. The lowest BCUT2D eigenvalue weighted by Crippen LogP contribution is -2.43. The van der Waals surface area contributed by atoms with Crippen molar-refractivity contribution in [1.82, 2.24) is 4.72 Å². The zero-order chi connectivity index (χ0) is 14.0. The number of sulfonamides is 1. The van der Waals surface area contributed by atoms with Crippen LogP contribution in [0.4, 0.5) is 0 Å². The van der Waals surface area contributed by atoms with E-state index in [9.17, 15) is 8.42 Å². The van der Waals surface area contributed by atoms with Gasteiger partial charge in [0.1, 0.15) is 0 Å². The molecular weight excluding hydrogens is 258 g/mol. The van der Waals surface area contributed by atoms with E-state index < -0.39 is 10.0 Å². The molecule has 0 bridgehead atoms. The molecule has 0 unspecified atom stereocenters. The predicted octanol–water partition coefficient (Wildman–Crippen LogP) is 3.10. The molecule has 2 rings (SSSR count). The van der Waals surface area contributed by atoms with E-state index in [1.165, 1.54) is 6.42 Å². The van der Waals surface area contributed by atoms with Gasteiger partial charge in [-0.2, -0.15) is 0 Å². The third-order valence-electron chi connectivity index (χ3n) is 4.34. The third-order valence-corrected chi connectivity index (χ3v) is 5.85. The third kappa shape index (κ3) is 3.37. The molecular formula is C15H23NO2S. The minimum atomic E-state index is -3.38. The van der Waals surface area contributed by atoms with Gasteiger partial charge in [0.15, 0.2) is 0 Å². The van der Waals surface area contributed by atoms with E-state index in [4.69, 9.17) is 0 Å². The molecule has 1 N–H and O–H groups in total. The summed E-state index contributed by atoms with van der Waals surface area (Å²) in [5.41, 5.74) is 1.07. The number of aryl methyl sites for hydroxylation is 1. The second-order valence-electron chi connectivity index (χ2n) is 5.81. The Balaban J connectivity index is 2.15. The molecule has 1 aromatic rings. The van der Waals surface area contributed by atoms with Gasteiger partial charge in [0.05, 0.1) is 4.90 Å². The summed E-state index contributed by atoms with van der Waals surface area (Å²) in [5.74, 6) is 0.980. The number of hydrogen-bond acceptors (Lipinski definition) is 2. The molecule has 0 amide bonds. The Kier molecular flexibility index (Phi) is 4.31. The fourth-order valence-corrected chi connectivity index (χ4v) is 4.09. The average molecular weight is 281 g/mol.